The van der Waals surface area contributed by atoms with Crippen LogP contribution in [-0.4, -0.2) is 37.9 Å². The van der Waals surface area contributed by atoms with Gasteiger partial charge in [-0.3, -0.25) is 4.79 Å². The molecule has 0 bridgehead atoms. The highest BCUT2D eigenvalue weighted by Crippen LogP contribution is 2.25. The molecule has 134 valence electrons. The molecule has 1 aromatic heterocycles. The zero-order valence-corrected chi connectivity index (χ0v) is 15.3. The molecule has 26 heavy (non-hydrogen) atoms. The normalized spacial score (nSPS) is 15.2. The molecule has 1 fully saturated rings. The molecule has 1 amide bonds. The van der Waals surface area contributed by atoms with E-state index in [1.165, 1.54) is 31.0 Å². The summed E-state index contributed by atoms with van der Waals surface area (Å²) in [4.78, 5) is 12.3. The van der Waals surface area contributed by atoms with Crippen LogP contribution in [0.4, 0.5) is 0 Å². The summed E-state index contributed by atoms with van der Waals surface area (Å²) in [5, 5.41) is 18.0. The van der Waals surface area contributed by atoms with E-state index in [1.807, 2.05) is 24.3 Å². The summed E-state index contributed by atoms with van der Waals surface area (Å²) in [7, 11) is 0. The number of rotatable bonds is 5. The quantitative estimate of drug-likeness (QED) is 0.700. The van der Waals surface area contributed by atoms with Crippen LogP contribution in [0.3, 0.4) is 0 Å². The van der Waals surface area contributed by atoms with Crippen molar-refractivity contribution in [2.45, 2.75) is 43.3 Å². The smallest absolute Gasteiger partial charge is 0.230 e. The van der Waals surface area contributed by atoms with E-state index in [4.69, 9.17) is 0 Å². The second-order valence-electron chi connectivity index (χ2n) is 6.56. The van der Waals surface area contributed by atoms with Crippen molar-refractivity contribution in [2.24, 2.45) is 0 Å². The molecule has 2 aromatic carbocycles. The molecular weight excluding hydrogens is 346 g/mol. The lowest BCUT2D eigenvalue weighted by Gasteiger charge is -2.22. The number of benzene rings is 2. The number of hydrogen-bond acceptors (Lipinski definition) is 5. The van der Waals surface area contributed by atoms with Gasteiger partial charge in [-0.2, -0.15) is 4.68 Å². The van der Waals surface area contributed by atoms with E-state index >= 15 is 0 Å². The van der Waals surface area contributed by atoms with Gasteiger partial charge in [0.1, 0.15) is 0 Å². The van der Waals surface area contributed by atoms with Crippen molar-refractivity contribution in [3.63, 3.8) is 0 Å². The first-order valence-corrected chi connectivity index (χ1v) is 9.98. The van der Waals surface area contributed by atoms with Crippen LogP contribution in [0, 0.1) is 0 Å². The van der Waals surface area contributed by atoms with Gasteiger partial charge in [0, 0.05) is 11.4 Å². The predicted molar refractivity (Wildman–Crippen MR) is 102 cm³/mol. The lowest BCUT2D eigenvalue weighted by atomic mass is 9.95. The standard InChI is InChI=1S/C19H21N5OS/c25-18(20-15-9-2-1-3-10-15)13-26-19-21-22-23-24(19)17-12-6-8-14-7-4-5-11-16(14)17/h4-8,11-12,15H,1-3,9-10,13H2,(H,20,25). The Hall–Kier alpha value is -2.41. The maximum absolute atomic E-state index is 12.3. The predicted octanol–water partition coefficient (Wildman–Crippen LogP) is 3.36. The summed E-state index contributed by atoms with van der Waals surface area (Å²) in [6.07, 6.45) is 5.87. The molecule has 0 saturated heterocycles. The van der Waals surface area contributed by atoms with Gasteiger partial charge in [0.2, 0.25) is 11.1 Å². The number of fused-ring (bicyclic) bond motifs is 1. The molecule has 6 nitrogen and oxygen atoms in total. The SMILES string of the molecule is O=C(CSc1nnnn1-c1cccc2ccccc12)NC1CCCCC1. The number of carbonyl (C=O) groups excluding carboxylic acids is 1. The minimum absolute atomic E-state index is 0.0503. The van der Waals surface area contributed by atoms with Gasteiger partial charge in [0.15, 0.2) is 0 Å². The van der Waals surface area contributed by atoms with Gasteiger partial charge in [-0.05, 0) is 34.7 Å². The van der Waals surface area contributed by atoms with Crippen LogP contribution in [0.1, 0.15) is 32.1 Å². The molecule has 0 radical (unpaired) electrons. The van der Waals surface area contributed by atoms with Crippen LogP contribution in [0.25, 0.3) is 16.5 Å². The zero-order chi connectivity index (χ0) is 17.8. The molecule has 1 saturated carbocycles. The van der Waals surface area contributed by atoms with Crippen LogP contribution in [-0.2, 0) is 4.79 Å². The lowest BCUT2D eigenvalue weighted by Crippen LogP contribution is -2.37. The van der Waals surface area contributed by atoms with E-state index in [1.54, 1.807) is 4.68 Å². The molecule has 1 N–H and O–H groups in total. The summed E-state index contributed by atoms with van der Waals surface area (Å²) in [5.41, 5.74) is 0.920. The number of aromatic nitrogens is 4. The molecule has 7 heteroatoms. The van der Waals surface area contributed by atoms with Crippen LogP contribution in [0.2, 0.25) is 0 Å². The first-order valence-electron chi connectivity index (χ1n) is 9.00. The second kappa shape index (κ2) is 7.86. The van der Waals surface area contributed by atoms with E-state index in [9.17, 15) is 4.79 Å². The Bertz CT molecular complexity index is 898. The minimum atomic E-state index is 0.0503. The molecule has 3 aromatic rings. The number of hydrogen-bond donors (Lipinski definition) is 1. The monoisotopic (exact) mass is 367 g/mol. The molecule has 0 aliphatic heterocycles. The summed E-state index contributed by atoms with van der Waals surface area (Å²) in [6, 6.07) is 14.5. The Morgan fingerprint density at radius 2 is 1.92 bits per heavy atom. The van der Waals surface area contributed by atoms with Gasteiger partial charge in [0.05, 0.1) is 11.4 Å². The van der Waals surface area contributed by atoms with E-state index in [2.05, 4.69) is 39.0 Å². The van der Waals surface area contributed by atoms with Crippen molar-refractivity contribution in [3.8, 4) is 5.69 Å². The number of nitrogens with zero attached hydrogens (tertiary/aromatic N) is 4. The van der Waals surface area contributed by atoms with E-state index < -0.39 is 0 Å². The van der Waals surface area contributed by atoms with Gasteiger partial charge in [-0.1, -0.05) is 67.4 Å². The Balaban J connectivity index is 1.47. The van der Waals surface area contributed by atoms with E-state index in [0.29, 0.717) is 17.0 Å². The fourth-order valence-electron chi connectivity index (χ4n) is 3.46. The highest BCUT2D eigenvalue weighted by atomic mass is 32.2. The molecule has 1 aliphatic rings. The van der Waals surface area contributed by atoms with Crippen LogP contribution in [0.15, 0.2) is 47.6 Å². The van der Waals surface area contributed by atoms with Crippen molar-refractivity contribution >= 4 is 28.4 Å². The van der Waals surface area contributed by atoms with Gasteiger partial charge in [-0.25, -0.2) is 0 Å². The van der Waals surface area contributed by atoms with Crippen LogP contribution in [0.5, 0.6) is 0 Å². The molecule has 1 heterocycles. The highest BCUT2D eigenvalue weighted by Gasteiger charge is 2.17. The maximum Gasteiger partial charge on any atom is 0.230 e. The van der Waals surface area contributed by atoms with Gasteiger partial charge in [-0.15, -0.1) is 5.10 Å². The highest BCUT2D eigenvalue weighted by molar-refractivity contribution is 7.99. The molecule has 4 rings (SSSR count). The lowest BCUT2D eigenvalue weighted by molar-refractivity contribution is -0.119. The van der Waals surface area contributed by atoms with E-state index in [0.717, 1.165) is 29.3 Å². The third-order valence-corrected chi connectivity index (χ3v) is 5.66. The molecular formula is C19H21N5OS. The van der Waals surface area contributed by atoms with Gasteiger partial charge < -0.3 is 5.32 Å². The Kier molecular flexibility index (Phi) is 5.15. The average Bonchev–Trinajstić information content (AvgIpc) is 3.15. The van der Waals surface area contributed by atoms with E-state index in [-0.39, 0.29) is 5.91 Å². The summed E-state index contributed by atoms with van der Waals surface area (Å²) in [6.45, 7) is 0. The maximum atomic E-state index is 12.3. The molecule has 1 aliphatic carbocycles. The number of tetrazole rings is 1. The van der Waals surface area contributed by atoms with Crippen molar-refractivity contribution in [2.75, 3.05) is 5.75 Å². The van der Waals surface area contributed by atoms with Gasteiger partial charge >= 0.3 is 0 Å². The number of amides is 1. The van der Waals surface area contributed by atoms with Crippen molar-refractivity contribution in [1.29, 1.82) is 0 Å². The second-order valence-corrected chi connectivity index (χ2v) is 7.51. The average molecular weight is 367 g/mol. The molecule has 0 atom stereocenters. The Labute approximate surface area is 156 Å². The largest absolute Gasteiger partial charge is 0.353 e. The zero-order valence-electron chi connectivity index (χ0n) is 14.5. The third kappa shape index (κ3) is 3.72. The van der Waals surface area contributed by atoms with Crippen molar-refractivity contribution < 1.29 is 4.79 Å². The number of carbonyl (C=O) groups is 1. The fraction of sp³-hybridized carbons (Fsp3) is 0.368. The first kappa shape index (κ1) is 17.0. The van der Waals surface area contributed by atoms with Crippen LogP contribution < -0.4 is 5.32 Å². The summed E-state index contributed by atoms with van der Waals surface area (Å²) in [5.74, 6) is 0.371. The van der Waals surface area contributed by atoms with Crippen LogP contribution >= 0.6 is 11.8 Å². The van der Waals surface area contributed by atoms with Crippen molar-refractivity contribution in [3.05, 3.63) is 42.5 Å². The summed E-state index contributed by atoms with van der Waals surface area (Å²) >= 11 is 1.37. The minimum Gasteiger partial charge on any atom is -0.353 e. The van der Waals surface area contributed by atoms with Gasteiger partial charge in [0.25, 0.3) is 0 Å². The fourth-order valence-corrected chi connectivity index (χ4v) is 4.15. The number of thioether (sulfide) groups is 1. The Morgan fingerprint density at radius 1 is 1.12 bits per heavy atom. The summed E-state index contributed by atoms with van der Waals surface area (Å²) < 4.78 is 1.71. The molecule has 0 unspecified atom stereocenters. The van der Waals surface area contributed by atoms with Crippen molar-refractivity contribution in [1.82, 2.24) is 25.5 Å². The Morgan fingerprint density at radius 3 is 2.81 bits per heavy atom. The number of nitrogens with one attached hydrogen (secondary N) is 1. The topological polar surface area (TPSA) is 72.7 Å². The molecule has 0 spiro atoms. The first-order chi connectivity index (χ1) is 12.8. The third-order valence-electron chi connectivity index (χ3n) is 4.74.